The summed E-state index contributed by atoms with van der Waals surface area (Å²) in [6.07, 6.45) is 6.58. The third-order valence-corrected chi connectivity index (χ3v) is 2.55. The van der Waals surface area contributed by atoms with Gasteiger partial charge in [-0.1, -0.05) is 36.3 Å². The van der Waals surface area contributed by atoms with Gasteiger partial charge in [-0.25, -0.2) is 9.78 Å². The molecule has 1 aromatic carbocycles. The second kappa shape index (κ2) is 4.60. The zero-order valence-corrected chi connectivity index (χ0v) is 9.42. The van der Waals surface area contributed by atoms with Crippen LogP contribution in [0, 0.1) is 12.3 Å². The van der Waals surface area contributed by atoms with Gasteiger partial charge < -0.3 is 10.8 Å². The molecular weight excluding hydrogens is 228 g/mol. The third kappa shape index (κ3) is 1.89. The number of rotatable bonds is 2. The number of aromatic carboxylic acids is 1. The average Bonchev–Trinajstić information content (AvgIpc) is 2.38. The lowest BCUT2D eigenvalue weighted by molar-refractivity contribution is 0.0696. The highest BCUT2D eigenvalue weighted by atomic mass is 16.4. The van der Waals surface area contributed by atoms with Crippen molar-refractivity contribution in [2.24, 2.45) is 0 Å². The highest BCUT2D eigenvalue weighted by molar-refractivity contribution is 5.95. The Morgan fingerprint density at radius 2 is 2.00 bits per heavy atom. The summed E-state index contributed by atoms with van der Waals surface area (Å²) in [5, 5.41) is 9.08. The van der Waals surface area contributed by atoms with Gasteiger partial charge in [-0.05, 0) is 5.56 Å². The number of carboxylic acids is 1. The molecule has 18 heavy (non-hydrogen) atoms. The summed E-state index contributed by atoms with van der Waals surface area (Å²) in [6.45, 7) is 0. The minimum atomic E-state index is -1.12. The van der Waals surface area contributed by atoms with E-state index in [0.29, 0.717) is 5.56 Å². The Morgan fingerprint density at radius 3 is 2.56 bits per heavy atom. The lowest BCUT2D eigenvalue weighted by atomic mass is 9.97. The maximum atomic E-state index is 11.1. The zero-order chi connectivity index (χ0) is 13.1. The number of nitrogen functional groups attached to an aromatic ring is 1. The van der Waals surface area contributed by atoms with Crippen LogP contribution in [-0.2, 0) is 0 Å². The van der Waals surface area contributed by atoms with E-state index in [1.807, 2.05) is 18.2 Å². The molecule has 1 heterocycles. The van der Waals surface area contributed by atoms with E-state index in [1.54, 1.807) is 12.1 Å². The number of aromatic nitrogens is 1. The Kier molecular flexibility index (Phi) is 2.98. The van der Waals surface area contributed by atoms with Crippen LogP contribution in [-0.4, -0.2) is 16.1 Å². The minimum absolute atomic E-state index is 0.0226. The fourth-order valence-corrected chi connectivity index (χ4v) is 1.74. The van der Waals surface area contributed by atoms with E-state index in [4.69, 9.17) is 17.3 Å². The molecule has 0 saturated heterocycles. The number of carbonyl (C=O) groups is 1. The number of nitrogens with two attached hydrogens (primary N) is 1. The van der Waals surface area contributed by atoms with Gasteiger partial charge in [-0.2, -0.15) is 0 Å². The number of hydrogen-bond acceptors (Lipinski definition) is 3. The quantitative estimate of drug-likeness (QED) is 0.785. The van der Waals surface area contributed by atoms with Gasteiger partial charge in [-0.3, -0.25) is 0 Å². The average molecular weight is 238 g/mol. The van der Waals surface area contributed by atoms with Crippen molar-refractivity contribution < 1.29 is 9.90 Å². The molecule has 0 saturated carbocycles. The Hall–Kier alpha value is -2.80. The predicted molar refractivity (Wildman–Crippen MR) is 69.0 cm³/mol. The second-order valence-corrected chi connectivity index (χ2v) is 3.62. The van der Waals surface area contributed by atoms with E-state index in [9.17, 15) is 4.79 Å². The molecule has 3 N–H and O–H groups in total. The van der Waals surface area contributed by atoms with Crippen molar-refractivity contribution in [2.75, 3.05) is 5.73 Å². The molecule has 0 aliphatic rings. The van der Waals surface area contributed by atoms with Gasteiger partial charge in [0.25, 0.3) is 0 Å². The van der Waals surface area contributed by atoms with Gasteiger partial charge in [0.2, 0.25) is 0 Å². The smallest absolute Gasteiger partial charge is 0.338 e. The highest BCUT2D eigenvalue weighted by Crippen LogP contribution is 2.29. The standard InChI is InChI=1S/C14H10N2O2/c1-2-10-11(14(17)18)8-16-13(15)12(10)9-6-4-3-5-7-9/h1,3-8H,(H2,15,16)(H,17,18). The first-order chi connectivity index (χ1) is 8.65. The van der Waals surface area contributed by atoms with Gasteiger partial charge in [0, 0.05) is 11.8 Å². The van der Waals surface area contributed by atoms with Crippen LogP contribution in [0.25, 0.3) is 11.1 Å². The summed E-state index contributed by atoms with van der Waals surface area (Å²) in [6, 6.07) is 9.11. The largest absolute Gasteiger partial charge is 0.478 e. The summed E-state index contributed by atoms with van der Waals surface area (Å²) in [5.41, 5.74) is 7.26. The van der Waals surface area contributed by atoms with Crippen molar-refractivity contribution in [1.82, 2.24) is 4.98 Å². The van der Waals surface area contributed by atoms with Crippen LogP contribution < -0.4 is 5.73 Å². The fourth-order valence-electron chi connectivity index (χ4n) is 1.74. The third-order valence-electron chi connectivity index (χ3n) is 2.55. The first-order valence-corrected chi connectivity index (χ1v) is 5.19. The molecule has 0 fully saturated rings. The summed E-state index contributed by atoms with van der Waals surface area (Å²) >= 11 is 0. The number of pyridine rings is 1. The fraction of sp³-hybridized carbons (Fsp3) is 0. The number of anilines is 1. The highest BCUT2D eigenvalue weighted by Gasteiger charge is 2.17. The van der Waals surface area contributed by atoms with Crippen molar-refractivity contribution >= 4 is 11.8 Å². The van der Waals surface area contributed by atoms with Gasteiger partial charge in [0.1, 0.15) is 5.82 Å². The van der Waals surface area contributed by atoms with Crippen LogP contribution in [0.4, 0.5) is 5.82 Å². The molecule has 2 rings (SSSR count). The number of terminal acetylenes is 1. The van der Waals surface area contributed by atoms with Crippen molar-refractivity contribution in [2.45, 2.75) is 0 Å². The van der Waals surface area contributed by atoms with Crippen molar-refractivity contribution in [1.29, 1.82) is 0 Å². The van der Waals surface area contributed by atoms with Crippen LogP contribution in [0.2, 0.25) is 0 Å². The lowest BCUT2D eigenvalue weighted by Gasteiger charge is -2.10. The van der Waals surface area contributed by atoms with E-state index >= 15 is 0 Å². The Labute approximate surface area is 104 Å². The van der Waals surface area contributed by atoms with Crippen molar-refractivity contribution in [3.63, 3.8) is 0 Å². The number of nitrogens with zero attached hydrogens (tertiary/aromatic N) is 1. The molecule has 0 atom stereocenters. The Morgan fingerprint density at radius 1 is 1.33 bits per heavy atom. The topological polar surface area (TPSA) is 76.2 Å². The summed E-state index contributed by atoms with van der Waals surface area (Å²) in [7, 11) is 0. The van der Waals surface area contributed by atoms with Gasteiger partial charge in [-0.15, -0.1) is 6.42 Å². The lowest BCUT2D eigenvalue weighted by Crippen LogP contribution is -2.06. The SMILES string of the molecule is C#Cc1c(C(=O)O)cnc(N)c1-c1ccccc1. The second-order valence-electron chi connectivity index (χ2n) is 3.62. The number of benzene rings is 1. The maximum absolute atomic E-state index is 11.1. The van der Waals surface area contributed by atoms with Crippen LogP contribution in [0.1, 0.15) is 15.9 Å². The molecule has 1 aromatic heterocycles. The molecule has 0 radical (unpaired) electrons. The molecule has 0 bridgehead atoms. The molecule has 88 valence electrons. The van der Waals surface area contributed by atoms with Crippen molar-refractivity contribution in [3.8, 4) is 23.5 Å². The molecule has 0 amide bonds. The van der Waals surface area contributed by atoms with Crippen LogP contribution in [0.5, 0.6) is 0 Å². The van der Waals surface area contributed by atoms with Gasteiger partial charge in [0.15, 0.2) is 0 Å². The van der Waals surface area contributed by atoms with E-state index in [2.05, 4.69) is 10.9 Å². The monoisotopic (exact) mass is 238 g/mol. The first kappa shape index (κ1) is 11.7. The predicted octanol–water partition coefficient (Wildman–Crippen LogP) is 2.01. The molecular formula is C14H10N2O2. The van der Waals surface area contributed by atoms with Crippen LogP contribution in [0.3, 0.4) is 0 Å². The molecule has 0 unspecified atom stereocenters. The van der Waals surface area contributed by atoms with E-state index < -0.39 is 5.97 Å². The van der Waals surface area contributed by atoms with Gasteiger partial charge >= 0.3 is 5.97 Å². The summed E-state index contributed by atoms with van der Waals surface area (Å²) in [4.78, 5) is 15.0. The Balaban J connectivity index is 2.78. The molecule has 4 heteroatoms. The normalized spacial score (nSPS) is 9.72. The number of hydrogen-bond donors (Lipinski definition) is 2. The molecule has 0 aliphatic carbocycles. The molecule has 0 spiro atoms. The van der Waals surface area contributed by atoms with Crippen LogP contribution >= 0.6 is 0 Å². The number of carboxylic acid groups (broad SMARTS) is 1. The molecule has 0 aliphatic heterocycles. The zero-order valence-electron chi connectivity index (χ0n) is 9.42. The minimum Gasteiger partial charge on any atom is -0.478 e. The summed E-state index contributed by atoms with van der Waals surface area (Å²) < 4.78 is 0. The maximum Gasteiger partial charge on any atom is 0.338 e. The van der Waals surface area contributed by atoms with Gasteiger partial charge in [0.05, 0.1) is 11.1 Å². The molecule has 4 nitrogen and oxygen atoms in total. The first-order valence-electron chi connectivity index (χ1n) is 5.19. The van der Waals surface area contributed by atoms with E-state index in [1.165, 1.54) is 6.20 Å². The van der Waals surface area contributed by atoms with E-state index in [0.717, 1.165) is 5.56 Å². The molecule has 2 aromatic rings. The van der Waals surface area contributed by atoms with E-state index in [-0.39, 0.29) is 16.9 Å². The van der Waals surface area contributed by atoms with Crippen LogP contribution in [0.15, 0.2) is 36.5 Å². The summed E-state index contributed by atoms with van der Waals surface area (Å²) in [5.74, 6) is 1.49. The van der Waals surface area contributed by atoms with Crippen molar-refractivity contribution in [3.05, 3.63) is 47.7 Å². The Bertz CT molecular complexity index is 643.